The molecule has 0 spiro atoms. The third kappa shape index (κ3) is 4.08. The van der Waals surface area contributed by atoms with Crippen LogP contribution in [0.15, 0.2) is 47.4 Å². The number of nitrogens with zero attached hydrogens (tertiary/aromatic N) is 1. The molecule has 1 unspecified atom stereocenters. The SMILES string of the molecule is O=S(=O)(CCN1CCCC1c1ccc2c(c1)OCCO2)c1ccc(Cl)cc1. The molecule has 2 aromatic carbocycles. The molecule has 1 saturated heterocycles. The van der Waals surface area contributed by atoms with Gasteiger partial charge in [0, 0.05) is 17.6 Å². The van der Waals surface area contributed by atoms with Crippen molar-refractivity contribution in [2.75, 3.05) is 32.1 Å². The number of hydrogen-bond donors (Lipinski definition) is 0. The van der Waals surface area contributed by atoms with Gasteiger partial charge < -0.3 is 9.47 Å². The molecule has 0 aliphatic carbocycles. The number of hydrogen-bond acceptors (Lipinski definition) is 5. The fourth-order valence-electron chi connectivity index (χ4n) is 3.74. The molecule has 1 atom stereocenters. The van der Waals surface area contributed by atoms with E-state index in [4.69, 9.17) is 21.1 Å². The Morgan fingerprint density at radius 2 is 1.78 bits per heavy atom. The van der Waals surface area contributed by atoms with Crippen molar-refractivity contribution < 1.29 is 17.9 Å². The number of benzene rings is 2. The minimum absolute atomic E-state index is 0.0929. The molecule has 4 rings (SSSR count). The van der Waals surface area contributed by atoms with Crippen LogP contribution >= 0.6 is 11.6 Å². The van der Waals surface area contributed by atoms with Gasteiger partial charge in [-0.15, -0.1) is 0 Å². The summed E-state index contributed by atoms with van der Waals surface area (Å²) in [6.07, 6.45) is 2.07. The van der Waals surface area contributed by atoms with Crippen molar-refractivity contribution in [2.45, 2.75) is 23.8 Å². The van der Waals surface area contributed by atoms with Crippen molar-refractivity contribution in [2.24, 2.45) is 0 Å². The predicted octanol–water partition coefficient (Wildman–Crippen LogP) is 3.72. The van der Waals surface area contributed by atoms with Crippen LogP contribution in [0.1, 0.15) is 24.4 Å². The summed E-state index contributed by atoms with van der Waals surface area (Å²) in [5.41, 5.74) is 1.15. The van der Waals surface area contributed by atoms with Crippen LogP contribution in [0.3, 0.4) is 0 Å². The first-order chi connectivity index (χ1) is 13.0. The second kappa shape index (κ2) is 7.70. The topological polar surface area (TPSA) is 55.8 Å². The minimum Gasteiger partial charge on any atom is -0.486 e. The molecule has 0 saturated carbocycles. The first kappa shape index (κ1) is 18.6. The lowest BCUT2D eigenvalue weighted by Gasteiger charge is -2.26. The van der Waals surface area contributed by atoms with Gasteiger partial charge in [0.2, 0.25) is 0 Å². The molecule has 0 bridgehead atoms. The molecular formula is C20H22ClNO4S. The van der Waals surface area contributed by atoms with Gasteiger partial charge >= 0.3 is 0 Å². The van der Waals surface area contributed by atoms with Gasteiger partial charge in [-0.1, -0.05) is 17.7 Å². The Morgan fingerprint density at radius 3 is 2.56 bits per heavy atom. The summed E-state index contributed by atoms with van der Waals surface area (Å²) in [7, 11) is -3.33. The van der Waals surface area contributed by atoms with E-state index in [1.807, 2.05) is 12.1 Å². The maximum atomic E-state index is 12.6. The summed E-state index contributed by atoms with van der Waals surface area (Å²) < 4.78 is 36.5. The second-order valence-electron chi connectivity index (χ2n) is 6.87. The highest BCUT2D eigenvalue weighted by atomic mass is 35.5. The van der Waals surface area contributed by atoms with Crippen LogP contribution in [-0.4, -0.2) is 45.4 Å². The highest BCUT2D eigenvalue weighted by Gasteiger charge is 2.28. The second-order valence-corrected chi connectivity index (χ2v) is 9.42. The van der Waals surface area contributed by atoms with Gasteiger partial charge in [0.15, 0.2) is 21.3 Å². The van der Waals surface area contributed by atoms with E-state index in [0.717, 1.165) is 36.4 Å². The average molecular weight is 408 g/mol. The van der Waals surface area contributed by atoms with Crippen molar-refractivity contribution >= 4 is 21.4 Å². The fraction of sp³-hybridized carbons (Fsp3) is 0.400. The van der Waals surface area contributed by atoms with Crippen LogP contribution in [0.2, 0.25) is 5.02 Å². The molecule has 144 valence electrons. The van der Waals surface area contributed by atoms with E-state index in [0.29, 0.717) is 29.7 Å². The minimum atomic E-state index is -3.33. The average Bonchev–Trinajstić information content (AvgIpc) is 3.15. The van der Waals surface area contributed by atoms with Crippen LogP contribution in [0, 0.1) is 0 Å². The van der Waals surface area contributed by atoms with Crippen LogP contribution < -0.4 is 9.47 Å². The van der Waals surface area contributed by atoms with Gasteiger partial charge in [-0.05, 0) is 61.3 Å². The fourth-order valence-corrected chi connectivity index (χ4v) is 5.12. The monoisotopic (exact) mass is 407 g/mol. The van der Waals surface area contributed by atoms with E-state index < -0.39 is 9.84 Å². The van der Waals surface area contributed by atoms with Crippen LogP contribution in [0.4, 0.5) is 0 Å². The number of ether oxygens (including phenoxy) is 2. The van der Waals surface area contributed by atoms with E-state index in [1.165, 1.54) is 0 Å². The number of sulfone groups is 1. The third-order valence-electron chi connectivity index (χ3n) is 5.13. The van der Waals surface area contributed by atoms with E-state index in [2.05, 4.69) is 11.0 Å². The predicted molar refractivity (Wildman–Crippen MR) is 104 cm³/mol. The quantitative estimate of drug-likeness (QED) is 0.756. The molecule has 7 heteroatoms. The van der Waals surface area contributed by atoms with E-state index >= 15 is 0 Å². The molecule has 27 heavy (non-hydrogen) atoms. The number of rotatable bonds is 5. The lowest BCUT2D eigenvalue weighted by Crippen LogP contribution is -2.29. The number of fused-ring (bicyclic) bond motifs is 1. The third-order valence-corrected chi connectivity index (χ3v) is 7.10. The Bertz CT molecular complexity index is 914. The standard InChI is InChI=1S/C20H22ClNO4S/c21-16-4-6-17(7-5-16)27(23,24)13-10-22-9-1-2-18(22)15-3-8-19-20(14-15)26-12-11-25-19/h3-8,14,18H,1-2,9-13H2. The Kier molecular flexibility index (Phi) is 5.30. The highest BCUT2D eigenvalue weighted by Crippen LogP contribution is 2.38. The van der Waals surface area contributed by atoms with Crippen molar-refractivity contribution in [3.05, 3.63) is 53.1 Å². The maximum Gasteiger partial charge on any atom is 0.179 e. The van der Waals surface area contributed by atoms with Gasteiger partial charge in [-0.2, -0.15) is 0 Å². The van der Waals surface area contributed by atoms with Gasteiger partial charge in [0.05, 0.1) is 10.6 Å². The van der Waals surface area contributed by atoms with Gasteiger partial charge in [-0.25, -0.2) is 8.42 Å². The lowest BCUT2D eigenvalue weighted by atomic mass is 10.0. The van der Waals surface area contributed by atoms with Gasteiger partial charge in [-0.3, -0.25) is 4.90 Å². The zero-order chi connectivity index (χ0) is 18.9. The number of halogens is 1. The summed E-state index contributed by atoms with van der Waals surface area (Å²) in [6.45, 7) is 2.54. The largest absolute Gasteiger partial charge is 0.486 e. The Hall–Kier alpha value is -1.76. The van der Waals surface area contributed by atoms with E-state index in [9.17, 15) is 8.42 Å². The Morgan fingerprint density at radius 1 is 1.04 bits per heavy atom. The summed E-state index contributed by atoms with van der Waals surface area (Å²) in [4.78, 5) is 2.57. The molecule has 0 N–H and O–H groups in total. The molecule has 1 fully saturated rings. The Balaban J connectivity index is 1.46. The van der Waals surface area contributed by atoms with Crippen molar-refractivity contribution in [1.82, 2.24) is 4.90 Å². The molecule has 0 aromatic heterocycles. The molecule has 2 aliphatic rings. The molecule has 0 radical (unpaired) electrons. The van der Waals surface area contributed by atoms with E-state index in [1.54, 1.807) is 24.3 Å². The van der Waals surface area contributed by atoms with Crippen molar-refractivity contribution in [3.8, 4) is 11.5 Å². The molecule has 0 amide bonds. The van der Waals surface area contributed by atoms with Crippen molar-refractivity contribution in [3.63, 3.8) is 0 Å². The summed E-state index contributed by atoms with van der Waals surface area (Å²) in [5, 5.41) is 0.534. The maximum absolute atomic E-state index is 12.6. The van der Waals surface area contributed by atoms with Gasteiger partial charge in [0.25, 0.3) is 0 Å². The zero-order valence-electron chi connectivity index (χ0n) is 14.9. The normalized spacial score (nSPS) is 20.0. The number of likely N-dealkylation sites (tertiary alicyclic amines) is 1. The smallest absolute Gasteiger partial charge is 0.179 e. The molecule has 2 aliphatic heterocycles. The highest BCUT2D eigenvalue weighted by molar-refractivity contribution is 7.91. The Labute approximate surface area is 164 Å². The molecule has 5 nitrogen and oxygen atoms in total. The first-order valence-corrected chi connectivity index (χ1v) is 11.2. The first-order valence-electron chi connectivity index (χ1n) is 9.15. The van der Waals surface area contributed by atoms with Crippen LogP contribution in [0.5, 0.6) is 11.5 Å². The summed E-state index contributed by atoms with van der Waals surface area (Å²) in [6, 6.07) is 12.6. The van der Waals surface area contributed by atoms with Crippen LogP contribution in [0.25, 0.3) is 0 Å². The van der Waals surface area contributed by atoms with Gasteiger partial charge in [0.1, 0.15) is 13.2 Å². The van der Waals surface area contributed by atoms with E-state index in [-0.39, 0.29) is 11.8 Å². The summed E-state index contributed by atoms with van der Waals surface area (Å²) in [5.74, 6) is 1.65. The molecular weight excluding hydrogens is 386 g/mol. The zero-order valence-corrected chi connectivity index (χ0v) is 16.5. The summed E-state index contributed by atoms with van der Waals surface area (Å²) >= 11 is 5.86. The lowest BCUT2D eigenvalue weighted by molar-refractivity contribution is 0.170. The molecule has 2 heterocycles. The van der Waals surface area contributed by atoms with Crippen molar-refractivity contribution in [1.29, 1.82) is 0 Å². The molecule has 2 aromatic rings. The van der Waals surface area contributed by atoms with Crippen LogP contribution in [-0.2, 0) is 9.84 Å².